The molecule has 1 aliphatic heterocycles. The summed E-state index contributed by atoms with van der Waals surface area (Å²) in [5.74, 6) is 0.140. The lowest BCUT2D eigenvalue weighted by molar-refractivity contribution is -0.145. The second-order valence-corrected chi connectivity index (χ2v) is 5.90. The second kappa shape index (κ2) is 7.32. The first kappa shape index (κ1) is 16.3. The highest BCUT2D eigenvalue weighted by molar-refractivity contribution is 5.78. The third-order valence-corrected chi connectivity index (χ3v) is 4.31. The van der Waals surface area contributed by atoms with Crippen LogP contribution < -0.4 is 4.74 Å². The van der Waals surface area contributed by atoms with Gasteiger partial charge in [-0.3, -0.25) is 9.69 Å². The number of rotatable bonds is 4. The molecule has 0 saturated carbocycles. The molecule has 0 radical (unpaired) electrons. The fraction of sp³-hybridized carbons (Fsp3) is 0.250. The van der Waals surface area contributed by atoms with Gasteiger partial charge in [0.1, 0.15) is 11.7 Å². The van der Waals surface area contributed by atoms with Crippen molar-refractivity contribution in [3.63, 3.8) is 0 Å². The Morgan fingerprint density at radius 3 is 2.33 bits per heavy atom. The Hall–Kier alpha value is -2.59. The molecular weight excluding hydrogens is 302 g/mol. The van der Waals surface area contributed by atoms with Crippen molar-refractivity contribution in [2.24, 2.45) is 5.92 Å². The number of methoxy groups -OCH3 is 1. The summed E-state index contributed by atoms with van der Waals surface area (Å²) in [5.41, 5.74) is 2.01. The number of esters is 1. The summed E-state index contributed by atoms with van der Waals surface area (Å²) >= 11 is 0. The number of benzene rings is 2. The van der Waals surface area contributed by atoms with E-state index in [9.17, 15) is 4.79 Å². The Balaban J connectivity index is 1.90. The smallest absolute Gasteiger partial charge is 0.314 e. The summed E-state index contributed by atoms with van der Waals surface area (Å²) in [4.78, 5) is 14.6. The van der Waals surface area contributed by atoms with Crippen LogP contribution in [0.25, 0.3) is 0 Å². The molecule has 124 valence electrons. The molecule has 4 heteroatoms. The average molecular weight is 323 g/mol. The van der Waals surface area contributed by atoms with Crippen molar-refractivity contribution in [3.05, 3.63) is 78.1 Å². The molecule has 0 aliphatic carbocycles. The summed E-state index contributed by atoms with van der Waals surface area (Å²) < 4.78 is 10.8. The first-order valence-corrected chi connectivity index (χ1v) is 7.94. The van der Waals surface area contributed by atoms with Gasteiger partial charge in [0, 0.05) is 6.54 Å². The molecule has 0 spiro atoms. The Bertz CT molecular complexity index is 712. The van der Waals surface area contributed by atoms with Crippen molar-refractivity contribution in [1.82, 2.24) is 4.90 Å². The van der Waals surface area contributed by atoms with Gasteiger partial charge in [-0.15, -0.1) is 0 Å². The van der Waals surface area contributed by atoms with Crippen molar-refractivity contribution >= 4 is 5.97 Å². The van der Waals surface area contributed by atoms with Crippen LogP contribution in [0.5, 0.6) is 5.75 Å². The van der Waals surface area contributed by atoms with Crippen LogP contribution in [-0.4, -0.2) is 31.6 Å². The third-order valence-electron chi connectivity index (χ3n) is 4.31. The minimum atomic E-state index is -0.369. The van der Waals surface area contributed by atoms with E-state index in [1.54, 1.807) is 6.26 Å². The van der Waals surface area contributed by atoms with E-state index in [-0.39, 0.29) is 17.9 Å². The molecule has 1 fully saturated rings. The molecule has 2 aromatic rings. The van der Waals surface area contributed by atoms with Gasteiger partial charge in [-0.1, -0.05) is 48.5 Å². The molecule has 0 aromatic heterocycles. The largest absolute Gasteiger partial charge is 0.469 e. The van der Waals surface area contributed by atoms with E-state index in [4.69, 9.17) is 9.47 Å². The third kappa shape index (κ3) is 3.34. The van der Waals surface area contributed by atoms with Gasteiger partial charge >= 0.3 is 5.97 Å². The number of likely N-dealkylation sites (N-methyl/N-ethyl adjacent to an activating group) is 1. The van der Waals surface area contributed by atoms with Gasteiger partial charge in [-0.25, -0.2) is 0 Å². The lowest BCUT2D eigenvalue weighted by atomic mass is 9.91. The zero-order valence-electron chi connectivity index (χ0n) is 13.9. The lowest BCUT2D eigenvalue weighted by Crippen LogP contribution is -2.26. The Morgan fingerprint density at radius 1 is 1.08 bits per heavy atom. The quantitative estimate of drug-likeness (QED) is 0.638. The first-order valence-electron chi connectivity index (χ1n) is 7.94. The van der Waals surface area contributed by atoms with E-state index in [1.807, 2.05) is 67.7 Å². The highest BCUT2D eigenvalue weighted by Crippen LogP contribution is 2.40. The van der Waals surface area contributed by atoms with E-state index in [0.29, 0.717) is 6.54 Å². The molecule has 24 heavy (non-hydrogen) atoms. The van der Waals surface area contributed by atoms with Gasteiger partial charge in [0.25, 0.3) is 0 Å². The maximum Gasteiger partial charge on any atom is 0.314 e. The van der Waals surface area contributed by atoms with Crippen molar-refractivity contribution in [3.8, 4) is 5.75 Å². The summed E-state index contributed by atoms with van der Waals surface area (Å²) in [6.45, 7) is 0.659. The minimum Gasteiger partial charge on any atom is -0.469 e. The molecule has 2 aromatic carbocycles. The van der Waals surface area contributed by atoms with Gasteiger partial charge in [-0.2, -0.15) is 0 Å². The van der Waals surface area contributed by atoms with Crippen LogP contribution in [0.2, 0.25) is 0 Å². The summed E-state index contributed by atoms with van der Waals surface area (Å²) in [7, 11) is 3.44. The highest BCUT2D eigenvalue weighted by atomic mass is 16.5. The van der Waals surface area contributed by atoms with E-state index in [2.05, 4.69) is 4.90 Å². The molecule has 0 bridgehead atoms. The maximum absolute atomic E-state index is 12.4. The number of carbonyl (C=O) groups excluding carboxylic acids is 1. The molecule has 1 saturated heterocycles. The Kier molecular flexibility index (Phi) is 4.96. The molecule has 0 N–H and O–H groups in total. The number of carbonyl (C=O) groups is 1. The number of ether oxygens (including phenoxy) is 2. The SMILES string of the molecule is COC(=O)C1/C(=C/Oc2ccccc2)CN(C)C1c1ccccc1. The van der Waals surface area contributed by atoms with Gasteiger partial charge in [0.15, 0.2) is 0 Å². The standard InChI is InChI=1S/C20H21NO3/c1-21-13-16(14-24-17-11-7-4-8-12-17)18(20(22)23-2)19(21)15-9-5-3-6-10-15/h3-12,14,18-19H,13H2,1-2H3/b16-14+. The zero-order chi connectivity index (χ0) is 16.9. The molecule has 1 heterocycles. The van der Waals surface area contributed by atoms with Crippen molar-refractivity contribution in [1.29, 1.82) is 0 Å². The molecule has 0 amide bonds. The van der Waals surface area contributed by atoms with E-state index in [1.165, 1.54) is 7.11 Å². The topological polar surface area (TPSA) is 38.8 Å². The molecule has 2 unspecified atom stereocenters. The van der Waals surface area contributed by atoms with Gasteiger partial charge in [0.2, 0.25) is 0 Å². The maximum atomic E-state index is 12.4. The van der Waals surface area contributed by atoms with Crippen molar-refractivity contribution in [2.45, 2.75) is 6.04 Å². The number of nitrogens with zero attached hydrogens (tertiary/aromatic N) is 1. The summed E-state index contributed by atoms with van der Waals surface area (Å²) in [5, 5.41) is 0. The van der Waals surface area contributed by atoms with Crippen LogP contribution >= 0.6 is 0 Å². The number of hydrogen-bond donors (Lipinski definition) is 0. The highest BCUT2D eigenvalue weighted by Gasteiger charge is 2.42. The number of likely N-dealkylation sites (tertiary alicyclic amines) is 1. The fourth-order valence-corrected chi connectivity index (χ4v) is 3.20. The zero-order valence-corrected chi connectivity index (χ0v) is 13.9. The van der Waals surface area contributed by atoms with Crippen LogP contribution in [0.15, 0.2) is 72.5 Å². The van der Waals surface area contributed by atoms with Gasteiger partial charge < -0.3 is 9.47 Å². The van der Waals surface area contributed by atoms with Crippen LogP contribution in [-0.2, 0) is 9.53 Å². The molecule has 1 aliphatic rings. The molecule has 3 rings (SSSR count). The summed E-state index contributed by atoms with van der Waals surface area (Å²) in [6.07, 6.45) is 1.69. The van der Waals surface area contributed by atoms with E-state index in [0.717, 1.165) is 16.9 Å². The number of para-hydroxylation sites is 1. The molecular formula is C20H21NO3. The Morgan fingerprint density at radius 2 is 1.71 bits per heavy atom. The first-order chi connectivity index (χ1) is 11.7. The van der Waals surface area contributed by atoms with Gasteiger partial charge in [0.05, 0.1) is 19.4 Å². The Labute approximate surface area is 142 Å². The molecule has 4 nitrogen and oxygen atoms in total. The van der Waals surface area contributed by atoms with Crippen LogP contribution in [0.4, 0.5) is 0 Å². The van der Waals surface area contributed by atoms with E-state index >= 15 is 0 Å². The monoisotopic (exact) mass is 323 g/mol. The lowest BCUT2D eigenvalue weighted by Gasteiger charge is -2.23. The average Bonchev–Trinajstić information content (AvgIpc) is 2.97. The predicted molar refractivity (Wildman–Crippen MR) is 92.5 cm³/mol. The van der Waals surface area contributed by atoms with Crippen molar-refractivity contribution < 1.29 is 14.3 Å². The minimum absolute atomic E-state index is 0.0516. The number of hydrogen-bond acceptors (Lipinski definition) is 4. The van der Waals surface area contributed by atoms with Crippen LogP contribution in [0.3, 0.4) is 0 Å². The fourth-order valence-electron chi connectivity index (χ4n) is 3.20. The molecule has 2 atom stereocenters. The predicted octanol–water partition coefficient (Wildman–Crippen LogP) is 3.43. The van der Waals surface area contributed by atoms with Crippen LogP contribution in [0.1, 0.15) is 11.6 Å². The van der Waals surface area contributed by atoms with Gasteiger partial charge in [-0.05, 0) is 30.3 Å². The van der Waals surface area contributed by atoms with Crippen LogP contribution in [0, 0.1) is 5.92 Å². The normalized spacial score (nSPS) is 22.5. The summed E-state index contributed by atoms with van der Waals surface area (Å²) in [6, 6.07) is 19.5. The van der Waals surface area contributed by atoms with E-state index < -0.39 is 0 Å². The second-order valence-electron chi connectivity index (χ2n) is 5.90. The van der Waals surface area contributed by atoms with Crippen molar-refractivity contribution in [2.75, 3.05) is 20.7 Å².